The van der Waals surface area contributed by atoms with E-state index in [1.165, 1.54) is 11.1 Å². The average Bonchev–Trinajstić information content (AvgIpc) is 2.27. The monoisotopic (exact) mass is 248 g/mol. The Morgan fingerprint density at radius 3 is 2.56 bits per heavy atom. The predicted molar refractivity (Wildman–Crippen MR) is 75.5 cm³/mol. The summed E-state index contributed by atoms with van der Waals surface area (Å²) in [4.78, 5) is 11.3. The molecule has 0 heterocycles. The van der Waals surface area contributed by atoms with Crippen molar-refractivity contribution in [2.75, 3.05) is 0 Å². The zero-order valence-corrected chi connectivity index (χ0v) is 11.8. The minimum absolute atomic E-state index is 0.475. The van der Waals surface area contributed by atoms with Gasteiger partial charge in [0.2, 0.25) is 0 Å². The molecule has 0 aliphatic heterocycles. The van der Waals surface area contributed by atoms with Crippen LogP contribution < -0.4 is 0 Å². The standard InChI is InChI=1S/C16H24O2/c1-11(2)14-8-5-12(3)6-10-15(16(17)18)13(4)7-9-14/h5,14H,1,6-10H2,2-4H3,(H,17,18)/b12-5+,15-13+/t14-/m0/s1. The molecule has 2 heteroatoms. The highest BCUT2D eigenvalue weighted by molar-refractivity contribution is 5.87. The van der Waals surface area contributed by atoms with Crippen molar-refractivity contribution in [1.82, 2.24) is 0 Å². The van der Waals surface area contributed by atoms with Gasteiger partial charge in [-0.15, -0.1) is 0 Å². The van der Waals surface area contributed by atoms with Crippen LogP contribution in [-0.4, -0.2) is 11.1 Å². The quantitative estimate of drug-likeness (QED) is 0.731. The van der Waals surface area contributed by atoms with E-state index in [9.17, 15) is 9.90 Å². The zero-order chi connectivity index (χ0) is 13.7. The molecule has 0 fully saturated rings. The maximum atomic E-state index is 11.3. The predicted octanol–water partition coefficient (Wildman–Crippen LogP) is 4.49. The number of hydrogen-bond donors (Lipinski definition) is 1. The summed E-state index contributed by atoms with van der Waals surface area (Å²) in [6, 6.07) is 0. The van der Waals surface area contributed by atoms with Crippen LogP contribution in [0.4, 0.5) is 0 Å². The Labute approximate surface area is 110 Å². The molecule has 1 atom stereocenters. The van der Waals surface area contributed by atoms with E-state index in [4.69, 9.17) is 0 Å². The van der Waals surface area contributed by atoms with E-state index in [-0.39, 0.29) is 0 Å². The molecule has 0 aromatic carbocycles. The number of carbonyl (C=O) groups is 1. The second-order valence-corrected chi connectivity index (χ2v) is 5.43. The van der Waals surface area contributed by atoms with Crippen molar-refractivity contribution < 1.29 is 9.90 Å². The fourth-order valence-corrected chi connectivity index (χ4v) is 2.38. The van der Waals surface area contributed by atoms with E-state index in [0.717, 1.165) is 31.3 Å². The Kier molecular flexibility index (Phi) is 5.39. The van der Waals surface area contributed by atoms with Crippen LogP contribution in [0.2, 0.25) is 0 Å². The number of carboxylic acid groups (broad SMARTS) is 1. The minimum atomic E-state index is -0.757. The topological polar surface area (TPSA) is 37.3 Å². The Morgan fingerprint density at radius 2 is 2.00 bits per heavy atom. The van der Waals surface area contributed by atoms with Gasteiger partial charge in [0.25, 0.3) is 0 Å². The largest absolute Gasteiger partial charge is 0.478 e. The van der Waals surface area contributed by atoms with Gasteiger partial charge in [0.15, 0.2) is 0 Å². The minimum Gasteiger partial charge on any atom is -0.478 e. The normalized spacial score (nSPS) is 29.3. The molecule has 1 aliphatic carbocycles. The maximum absolute atomic E-state index is 11.3. The van der Waals surface area contributed by atoms with Crippen molar-refractivity contribution in [2.24, 2.45) is 5.92 Å². The highest BCUT2D eigenvalue weighted by atomic mass is 16.4. The molecule has 0 aromatic rings. The van der Waals surface area contributed by atoms with E-state index >= 15 is 0 Å². The summed E-state index contributed by atoms with van der Waals surface area (Å²) in [5, 5.41) is 9.25. The first kappa shape index (κ1) is 14.7. The molecule has 100 valence electrons. The van der Waals surface area contributed by atoms with Crippen molar-refractivity contribution in [3.63, 3.8) is 0 Å². The molecule has 0 bridgehead atoms. The van der Waals surface area contributed by atoms with Crippen molar-refractivity contribution in [3.05, 3.63) is 34.9 Å². The fourth-order valence-electron chi connectivity index (χ4n) is 2.38. The molecule has 2 nitrogen and oxygen atoms in total. The molecule has 1 N–H and O–H groups in total. The van der Waals surface area contributed by atoms with Gasteiger partial charge in [-0.25, -0.2) is 4.79 Å². The first-order valence-corrected chi connectivity index (χ1v) is 6.64. The Morgan fingerprint density at radius 1 is 1.33 bits per heavy atom. The van der Waals surface area contributed by atoms with Crippen LogP contribution in [0.15, 0.2) is 34.9 Å². The molecule has 0 saturated heterocycles. The smallest absolute Gasteiger partial charge is 0.331 e. The third-order valence-corrected chi connectivity index (χ3v) is 3.86. The third kappa shape index (κ3) is 4.17. The van der Waals surface area contributed by atoms with E-state index in [1.807, 2.05) is 6.92 Å². The highest BCUT2D eigenvalue weighted by Gasteiger charge is 2.15. The van der Waals surface area contributed by atoms with Crippen molar-refractivity contribution >= 4 is 5.97 Å². The molecule has 0 spiro atoms. The van der Waals surface area contributed by atoms with Gasteiger partial charge in [0, 0.05) is 5.57 Å². The Bertz CT molecular complexity index is 399. The van der Waals surface area contributed by atoms with Gasteiger partial charge >= 0.3 is 5.97 Å². The molecular formula is C16H24O2. The number of allylic oxidation sites excluding steroid dienone is 4. The Balaban J connectivity index is 2.95. The van der Waals surface area contributed by atoms with E-state index in [0.29, 0.717) is 17.9 Å². The SMILES string of the molecule is C=C(C)[C@H]1C/C=C(\C)CC/C(C(=O)O)=C(/C)CC1. The lowest BCUT2D eigenvalue weighted by Crippen LogP contribution is -2.08. The van der Waals surface area contributed by atoms with E-state index in [2.05, 4.69) is 26.5 Å². The molecule has 0 amide bonds. The van der Waals surface area contributed by atoms with Gasteiger partial charge in [0.1, 0.15) is 0 Å². The third-order valence-electron chi connectivity index (χ3n) is 3.86. The summed E-state index contributed by atoms with van der Waals surface area (Å²) < 4.78 is 0. The van der Waals surface area contributed by atoms with Crippen LogP contribution in [0.3, 0.4) is 0 Å². The summed E-state index contributed by atoms with van der Waals surface area (Å²) >= 11 is 0. The molecule has 0 aromatic heterocycles. The first-order valence-electron chi connectivity index (χ1n) is 6.64. The summed E-state index contributed by atoms with van der Waals surface area (Å²) in [5.74, 6) is -0.282. The van der Waals surface area contributed by atoms with Gasteiger partial charge < -0.3 is 5.11 Å². The van der Waals surface area contributed by atoms with Crippen LogP contribution in [0, 0.1) is 5.92 Å². The number of hydrogen-bond acceptors (Lipinski definition) is 1. The van der Waals surface area contributed by atoms with E-state index in [1.54, 1.807) is 0 Å². The van der Waals surface area contributed by atoms with Crippen LogP contribution in [0.1, 0.15) is 52.9 Å². The fraction of sp³-hybridized carbons (Fsp3) is 0.562. The molecule has 1 rings (SSSR count). The maximum Gasteiger partial charge on any atom is 0.331 e. The molecule has 0 unspecified atom stereocenters. The summed E-state index contributed by atoms with van der Waals surface area (Å²) in [5.41, 5.74) is 4.12. The first-order chi connectivity index (χ1) is 8.41. The highest BCUT2D eigenvalue weighted by Crippen LogP contribution is 2.28. The van der Waals surface area contributed by atoms with Crippen LogP contribution in [0.5, 0.6) is 0 Å². The second-order valence-electron chi connectivity index (χ2n) is 5.43. The average molecular weight is 248 g/mol. The number of rotatable bonds is 2. The second kappa shape index (κ2) is 6.58. The van der Waals surface area contributed by atoms with Gasteiger partial charge in [-0.1, -0.05) is 29.4 Å². The molecule has 1 aliphatic rings. The molecular weight excluding hydrogens is 224 g/mol. The lowest BCUT2D eigenvalue weighted by Gasteiger charge is -2.18. The number of aliphatic carboxylic acids is 1. The number of carboxylic acids is 1. The molecule has 18 heavy (non-hydrogen) atoms. The lowest BCUT2D eigenvalue weighted by atomic mass is 9.87. The lowest BCUT2D eigenvalue weighted by molar-refractivity contribution is -0.132. The van der Waals surface area contributed by atoms with Gasteiger partial charge in [-0.05, 0) is 58.8 Å². The van der Waals surface area contributed by atoms with Gasteiger partial charge in [0.05, 0.1) is 0 Å². The van der Waals surface area contributed by atoms with Crippen LogP contribution >= 0.6 is 0 Å². The molecule has 0 radical (unpaired) electrons. The summed E-state index contributed by atoms with van der Waals surface area (Å²) in [6.07, 6.45) is 6.66. The Hall–Kier alpha value is -1.31. The zero-order valence-electron chi connectivity index (χ0n) is 11.8. The molecule has 0 saturated carbocycles. The van der Waals surface area contributed by atoms with Gasteiger partial charge in [-0.3, -0.25) is 0 Å². The van der Waals surface area contributed by atoms with Crippen molar-refractivity contribution in [2.45, 2.75) is 52.9 Å². The van der Waals surface area contributed by atoms with Crippen LogP contribution in [-0.2, 0) is 4.79 Å². The summed E-state index contributed by atoms with van der Waals surface area (Å²) in [7, 11) is 0. The van der Waals surface area contributed by atoms with Crippen molar-refractivity contribution in [3.8, 4) is 0 Å². The van der Waals surface area contributed by atoms with Crippen molar-refractivity contribution in [1.29, 1.82) is 0 Å². The van der Waals surface area contributed by atoms with Crippen LogP contribution in [0.25, 0.3) is 0 Å². The van der Waals surface area contributed by atoms with Gasteiger partial charge in [-0.2, -0.15) is 0 Å². The summed E-state index contributed by atoms with van der Waals surface area (Å²) in [6.45, 7) is 10.2. The van der Waals surface area contributed by atoms with E-state index < -0.39 is 5.97 Å².